The van der Waals surface area contributed by atoms with Gasteiger partial charge in [-0.25, -0.2) is 4.98 Å². The van der Waals surface area contributed by atoms with Gasteiger partial charge in [-0.2, -0.15) is 0 Å². The second-order valence-electron chi connectivity index (χ2n) is 6.85. The topological polar surface area (TPSA) is 55.1 Å². The number of imidazole rings is 1. The van der Waals surface area contributed by atoms with Crippen LogP contribution in [0.2, 0.25) is 0 Å². The highest BCUT2D eigenvalue weighted by molar-refractivity contribution is 5.79. The van der Waals surface area contributed by atoms with E-state index in [9.17, 15) is 4.79 Å². The van der Waals surface area contributed by atoms with Gasteiger partial charge in [-0.05, 0) is 36.0 Å². The molecule has 1 aromatic heterocycles. The van der Waals surface area contributed by atoms with Crippen molar-refractivity contribution in [3.8, 4) is 0 Å². The van der Waals surface area contributed by atoms with Crippen molar-refractivity contribution < 1.29 is 9.90 Å². The van der Waals surface area contributed by atoms with Crippen molar-refractivity contribution in [1.29, 1.82) is 0 Å². The number of hydrogen-bond donors (Lipinski definition) is 1. The zero-order valence-corrected chi connectivity index (χ0v) is 14.0. The van der Waals surface area contributed by atoms with Crippen molar-refractivity contribution in [1.82, 2.24) is 9.55 Å². The Bertz CT molecular complexity index is 656. The van der Waals surface area contributed by atoms with Gasteiger partial charge >= 0.3 is 5.97 Å². The summed E-state index contributed by atoms with van der Waals surface area (Å²) in [5.74, 6) is 1.50. The number of aromatic nitrogens is 2. The molecule has 0 unspecified atom stereocenters. The number of nitrogens with zero attached hydrogens (tertiary/aromatic N) is 2. The minimum absolute atomic E-state index is 0.0499. The van der Waals surface area contributed by atoms with Gasteiger partial charge in [0.05, 0.1) is 17.5 Å². The minimum atomic E-state index is -0.805. The molecule has 0 atom stereocenters. The quantitative estimate of drug-likeness (QED) is 0.843. The molecule has 0 radical (unpaired) electrons. The number of benzene rings is 1. The lowest BCUT2D eigenvalue weighted by Gasteiger charge is -2.12. The molecule has 2 aromatic rings. The van der Waals surface area contributed by atoms with Gasteiger partial charge in [-0.3, -0.25) is 4.79 Å². The molecule has 0 spiro atoms. The van der Waals surface area contributed by atoms with Crippen LogP contribution in [0.5, 0.6) is 0 Å². The fourth-order valence-electron chi connectivity index (χ4n) is 2.67. The summed E-state index contributed by atoms with van der Waals surface area (Å²) in [6, 6.07) is 5.84. The lowest BCUT2D eigenvalue weighted by atomic mass is 10.1. The Morgan fingerprint density at radius 1 is 1.23 bits per heavy atom. The van der Waals surface area contributed by atoms with Gasteiger partial charge in [0.15, 0.2) is 0 Å². The van der Waals surface area contributed by atoms with Crippen molar-refractivity contribution in [3.63, 3.8) is 0 Å². The minimum Gasteiger partial charge on any atom is -0.481 e. The molecule has 0 saturated carbocycles. The molecule has 1 heterocycles. The third kappa shape index (κ3) is 4.09. The molecule has 1 aromatic carbocycles. The Labute approximate surface area is 132 Å². The van der Waals surface area contributed by atoms with E-state index in [2.05, 4.69) is 32.3 Å². The molecule has 0 bridgehead atoms. The van der Waals surface area contributed by atoms with Crippen molar-refractivity contribution >= 4 is 17.0 Å². The smallest absolute Gasteiger partial charge is 0.307 e. The van der Waals surface area contributed by atoms with Gasteiger partial charge in [0.25, 0.3) is 0 Å². The zero-order chi connectivity index (χ0) is 16.3. The zero-order valence-electron chi connectivity index (χ0n) is 14.0. The summed E-state index contributed by atoms with van der Waals surface area (Å²) in [5, 5.41) is 8.94. The van der Waals surface area contributed by atoms with E-state index < -0.39 is 5.97 Å². The molecular formula is C18H26N2O2. The fourth-order valence-corrected chi connectivity index (χ4v) is 2.67. The van der Waals surface area contributed by atoms with Crippen molar-refractivity contribution in [2.24, 2.45) is 11.8 Å². The highest BCUT2D eigenvalue weighted by Gasteiger charge is 2.13. The SMILES string of the molecule is CC(C)CCn1c(CC(C)C)nc2cc(CC(=O)O)ccc21. The number of carbonyl (C=O) groups is 1. The Kier molecular flexibility index (Phi) is 5.22. The maximum Gasteiger partial charge on any atom is 0.307 e. The van der Waals surface area contributed by atoms with E-state index in [4.69, 9.17) is 10.1 Å². The van der Waals surface area contributed by atoms with E-state index in [-0.39, 0.29) is 6.42 Å². The summed E-state index contributed by atoms with van der Waals surface area (Å²) < 4.78 is 2.31. The third-order valence-corrected chi connectivity index (χ3v) is 3.77. The second-order valence-corrected chi connectivity index (χ2v) is 6.85. The van der Waals surface area contributed by atoms with Gasteiger partial charge in [0, 0.05) is 13.0 Å². The maximum atomic E-state index is 10.9. The number of aryl methyl sites for hydroxylation is 1. The number of carboxylic acids is 1. The number of hydrogen-bond acceptors (Lipinski definition) is 2. The van der Waals surface area contributed by atoms with Crippen LogP contribution in [0.15, 0.2) is 18.2 Å². The summed E-state index contributed by atoms with van der Waals surface area (Å²) in [6.07, 6.45) is 2.11. The summed E-state index contributed by atoms with van der Waals surface area (Å²) in [5.41, 5.74) is 2.84. The van der Waals surface area contributed by atoms with E-state index in [1.807, 2.05) is 18.2 Å². The summed E-state index contributed by atoms with van der Waals surface area (Å²) in [4.78, 5) is 15.6. The average molecular weight is 302 g/mol. The highest BCUT2D eigenvalue weighted by atomic mass is 16.4. The van der Waals surface area contributed by atoms with E-state index in [1.54, 1.807) is 0 Å². The first-order valence-electron chi connectivity index (χ1n) is 8.06. The Morgan fingerprint density at radius 2 is 1.95 bits per heavy atom. The monoisotopic (exact) mass is 302 g/mol. The number of fused-ring (bicyclic) bond motifs is 1. The molecule has 2 rings (SSSR count). The van der Waals surface area contributed by atoms with Gasteiger partial charge in [0.2, 0.25) is 0 Å². The predicted molar refractivity (Wildman–Crippen MR) is 89.1 cm³/mol. The van der Waals surface area contributed by atoms with Crippen LogP contribution < -0.4 is 0 Å². The molecular weight excluding hydrogens is 276 g/mol. The Morgan fingerprint density at radius 3 is 2.55 bits per heavy atom. The predicted octanol–water partition coefficient (Wildman–Crippen LogP) is 3.91. The Balaban J connectivity index is 2.40. The molecule has 4 nitrogen and oxygen atoms in total. The van der Waals surface area contributed by atoms with Gasteiger partial charge in [-0.1, -0.05) is 33.8 Å². The first-order chi connectivity index (χ1) is 10.4. The normalized spacial score (nSPS) is 11.7. The molecule has 120 valence electrons. The largest absolute Gasteiger partial charge is 0.481 e. The maximum absolute atomic E-state index is 10.9. The molecule has 0 amide bonds. The second kappa shape index (κ2) is 6.95. The molecule has 0 aliphatic carbocycles. The molecule has 4 heteroatoms. The van der Waals surface area contributed by atoms with E-state index >= 15 is 0 Å². The van der Waals surface area contributed by atoms with Crippen LogP contribution in [0.4, 0.5) is 0 Å². The van der Waals surface area contributed by atoms with E-state index in [0.29, 0.717) is 11.8 Å². The number of rotatable bonds is 7. The van der Waals surface area contributed by atoms with Crippen LogP contribution in [-0.2, 0) is 24.2 Å². The van der Waals surface area contributed by atoms with Crippen LogP contribution in [0, 0.1) is 11.8 Å². The first kappa shape index (κ1) is 16.5. The first-order valence-corrected chi connectivity index (χ1v) is 8.06. The van der Waals surface area contributed by atoms with E-state index in [0.717, 1.165) is 41.8 Å². The molecule has 0 saturated heterocycles. The summed E-state index contributed by atoms with van der Waals surface area (Å²) in [7, 11) is 0. The highest BCUT2D eigenvalue weighted by Crippen LogP contribution is 2.21. The molecule has 0 aliphatic heterocycles. The summed E-state index contributed by atoms with van der Waals surface area (Å²) >= 11 is 0. The van der Waals surface area contributed by atoms with Gasteiger partial charge < -0.3 is 9.67 Å². The van der Waals surface area contributed by atoms with Crippen LogP contribution in [-0.4, -0.2) is 20.6 Å². The number of aliphatic carboxylic acids is 1. The van der Waals surface area contributed by atoms with Gasteiger partial charge in [0.1, 0.15) is 5.82 Å². The molecule has 0 fully saturated rings. The van der Waals surface area contributed by atoms with Crippen LogP contribution in [0.1, 0.15) is 45.5 Å². The van der Waals surface area contributed by atoms with Crippen LogP contribution >= 0.6 is 0 Å². The fraction of sp³-hybridized carbons (Fsp3) is 0.556. The molecule has 0 aliphatic rings. The average Bonchev–Trinajstić information content (AvgIpc) is 2.71. The number of carboxylic acid groups (broad SMARTS) is 1. The lowest BCUT2D eigenvalue weighted by Crippen LogP contribution is -2.08. The Hall–Kier alpha value is -1.84. The summed E-state index contributed by atoms with van der Waals surface area (Å²) in [6.45, 7) is 9.82. The van der Waals surface area contributed by atoms with E-state index in [1.165, 1.54) is 0 Å². The van der Waals surface area contributed by atoms with Gasteiger partial charge in [-0.15, -0.1) is 0 Å². The van der Waals surface area contributed by atoms with Crippen molar-refractivity contribution in [3.05, 3.63) is 29.6 Å². The van der Waals surface area contributed by atoms with Crippen LogP contribution in [0.25, 0.3) is 11.0 Å². The lowest BCUT2D eigenvalue weighted by molar-refractivity contribution is -0.136. The van der Waals surface area contributed by atoms with Crippen molar-refractivity contribution in [2.45, 2.75) is 53.5 Å². The van der Waals surface area contributed by atoms with Crippen molar-refractivity contribution in [2.75, 3.05) is 0 Å². The standard InChI is InChI=1S/C18H26N2O2/c1-12(2)7-8-20-16-6-5-14(11-18(21)22)10-15(16)19-17(20)9-13(3)4/h5-6,10,12-13H,7-9,11H2,1-4H3,(H,21,22). The molecule has 22 heavy (non-hydrogen) atoms. The third-order valence-electron chi connectivity index (χ3n) is 3.77. The molecule has 1 N–H and O–H groups in total. The van der Waals surface area contributed by atoms with Crippen LogP contribution in [0.3, 0.4) is 0 Å².